The molecule has 0 fully saturated rings. The number of fused-ring (bicyclic) bond motifs is 4. The van der Waals surface area contributed by atoms with E-state index < -0.39 is 0 Å². The second-order valence-electron chi connectivity index (χ2n) is 5.92. The first-order valence-corrected chi connectivity index (χ1v) is 8.70. The molecule has 0 amide bonds. The average Bonchev–Trinajstić information content (AvgIpc) is 3.22. The van der Waals surface area contributed by atoms with Gasteiger partial charge in [0, 0.05) is 23.6 Å². The molecule has 0 aliphatic rings. The Morgan fingerprint density at radius 3 is 2.88 bits per heavy atom. The smallest absolute Gasteiger partial charge is 0.222 e. The van der Waals surface area contributed by atoms with E-state index in [0.29, 0.717) is 5.82 Å². The van der Waals surface area contributed by atoms with Gasteiger partial charge in [0.2, 0.25) is 5.95 Å². The lowest BCUT2D eigenvalue weighted by Gasteiger charge is -2.08. The van der Waals surface area contributed by atoms with Gasteiger partial charge in [0.1, 0.15) is 5.82 Å². The van der Waals surface area contributed by atoms with Crippen LogP contribution in [0.15, 0.2) is 48.1 Å². The quantitative estimate of drug-likeness (QED) is 0.511. The number of hydrogen-bond acceptors (Lipinski definition) is 6. The van der Waals surface area contributed by atoms with Crippen molar-refractivity contribution in [3.63, 3.8) is 0 Å². The van der Waals surface area contributed by atoms with Crippen molar-refractivity contribution in [2.45, 2.75) is 6.54 Å². The largest absolute Gasteiger partial charge is 0.383 e. The fourth-order valence-corrected chi connectivity index (χ4v) is 4.07. The van der Waals surface area contributed by atoms with Gasteiger partial charge in [-0.2, -0.15) is 4.98 Å². The maximum absolute atomic E-state index is 6.10. The van der Waals surface area contributed by atoms with Crippen LogP contribution in [0.2, 0.25) is 0 Å². The van der Waals surface area contributed by atoms with Gasteiger partial charge >= 0.3 is 0 Å². The Balaban J connectivity index is 1.70. The number of nitrogens with two attached hydrogens (primary N) is 2. The first kappa shape index (κ1) is 14.2. The van der Waals surface area contributed by atoms with Crippen LogP contribution in [0.3, 0.4) is 0 Å². The normalized spacial score (nSPS) is 11.7. The summed E-state index contributed by atoms with van der Waals surface area (Å²) in [7, 11) is 0. The number of anilines is 2. The average molecular weight is 346 g/mol. The number of nitrogens with zero attached hydrogens (tertiary/aromatic N) is 4. The SMILES string of the molecule is Nc1nc(N)c2c(ccc3c2ccn3Cc2cccc3scnc23)n1. The summed E-state index contributed by atoms with van der Waals surface area (Å²) in [6.07, 6.45) is 2.06. The topological polar surface area (TPSA) is 95.6 Å². The Labute approximate surface area is 146 Å². The molecule has 5 rings (SSSR count). The van der Waals surface area contributed by atoms with E-state index in [2.05, 4.69) is 50.0 Å². The van der Waals surface area contributed by atoms with Crippen LogP contribution in [0, 0.1) is 0 Å². The van der Waals surface area contributed by atoms with E-state index in [0.717, 1.165) is 33.9 Å². The minimum atomic E-state index is 0.194. The summed E-state index contributed by atoms with van der Waals surface area (Å²) in [4.78, 5) is 12.9. The summed E-state index contributed by atoms with van der Waals surface area (Å²) in [5, 5.41) is 1.87. The lowest BCUT2D eigenvalue weighted by molar-refractivity contribution is 0.841. The van der Waals surface area contributed by atoms with E-state index in [4.69, 9.17) is 11.5 Å². The van der Waals surface area contributed by atoms with Crippen molar-refractivity contribution in [2.24, 2.45) is 0 Å². The molecule has 0 radical (unpaired) electrons. The molecule has 4 N–H and O–H groups in total. The third kappa shape index (κ3) is 2.13. The Morgan fingerprint density at radius 2 is 1.96 bits per heavy atom. The van der Waals surface area contributed by atoms with Gasteiger partial charge in [-0.3, -0.25) is 0 Å². The molecular weight excluding hydrogens is 332 g/mol. The minimum absolute atomic E-state index is 0.194. The van der Waals surface area contributed by atoms with Gasteiger partial charge in [0.25, 0.3) is 0 Å². The number of thiazole rings is 1. The highest BCUT2D eigenvalue weighted by molar-refractivity contribution is 7.16. The van der Waals surface area contributed by atoms with Crippen LogP contribution in [0.5, 0.6) is 0 Å². The molecule has 0 saturated carbocycles. The Morgan fingerprint density at radius 1 is 1.04 bits per heavy atom. The lowest BCUT2D eigenvalue weighted by Crippen LogP contribution is -2.01. The molecule has 25 heavy (non-hydrogen) atoms. The van der Waals surface area contributed by atoms with Crippen molar-refractivity contribution >= 4 is 55.1 Å². The number of benzene rings is 2. The number of aromatic nitrogens is 4. The van der Waals surface area contributed by atoms with E-state index in [9.17, 15) is 0 Å². The molecule has 3 aromatic heterocycles. The number of hydrogen-bond donors (Lipinski definition) is 2. The van der Waals surface area contributed by atoms with E-state index in [-0.39, 0.29) is 5.95 Å². The van der Waals surface area contributed by atoms with Gasteiger partial charge in [0.15, 0.2) is 0 Å². The van der Waals surface area contributed by atoms with E-state index >= 15 is 0 Å². The van der Waals surface area contributed by atoms with Gasteiger partial charge in [-0.25, -0.2) is 9.97 Å². The van der Waals surface area contributed by atoms with E-state index in [1.165, 1.54) is 10.3 Å². The Kier molecular flexibility index (Phi) is 2.92. The minimum Gasteiger partial charge on any atom is -0.383 e. The van der Waals surface area contributed by atoms with Gasteiger partial charge in [-0.15, -0.1) is 11.3 Å². The molecule has 0 bridgehead atoms. The van der Waals surface area contributed by atoms with Gasteiger partial charge < -0.3 is 16.0 Å². The second kappa shape index (κ2) is 5.15. The molecule has 5 aromatic rings. The summed E-state index contributed by atoms with van der Waals surface area (Å²) >= 11 is 1.66. The fourth-order valence-electron chi connectivity index (χ4n) is 3.35. The predicted octanol–water partition coefficient (Wildman–Crippen LogP) is 3.41. The highest BCUT2D eigenvalue weighted by Gasteiger charge is 2.12. The molecule has 0 spiro atoms. The molecule has 0 aliphatic heterocycles. The molecule has 122 valence electrons. The van der Waals surface area contributed by atoms with Crippen molar-refractivity contribution in [3.8, 4) is 0 Å². The predicted molar refractivity (Wildman–Crippen MR) is 103 cm³/mol. The van der Waals surface area contributed by atoms with Crippen LogP contribution < -0.4 is 11.5 Å². The standard InChI is InChI=1S/C18H14N6S/c19-17-15-11-6-7-24(13(11)5-4-12(15)22-18(20)23-17)8-10-2-1-3-14-16(10)21-9-25-14/h1-7,9H,8H2,(H4,19,20,22,23). The van der Waals surface area contributed by atoms with Crippen LogP contribution in [0.4, 0.5) is 11.8 Å². The third-order valence-electron chi connectivity index (χ3n) is 4.44. The maximum Gasteiger partial charge on any atom is 0.222 e. The van der Waals surface area contributed by atoms with Crippen molar-refractivity contribution < 1.29 is 0 Å². The molecule has 7 heteroatoms. The van der Waals surface area contributed by atoms with Crippen molar-refractivity contribution in [1.29, 1.82) is 0 Å². The summed E-state index contributed by atoms with van der Waals surface area (Å²) in [5.41, 5.74) is 17.8. The molecule has 3 heterocycles. The molecule has 6 nitrogen and oxygen atoms in total. The molecular formula is C18H14N6S. The second-order valence-corrected chi connectivity index (χ2v) is 6.81. The Hall–Kier alpha value is -3.19. The first-order valence-electron chi connectivity index (χ1n) is 7.82. The van der Waals surface area contributed by atoms with Crippen LogP contribution in [0.25, 0.3) is 32.0 Å². The highest BCUT2D eigenvalue weighted by atomic mass is 32.1. The summed E-state index contributed by atoms with van der Waals surface area (Å²) < 4.78 is 3.39. The van der Waals surface area contributed by atoms with Crippen LogP contribution >= 0.6 is 11.3 Å². The van der Waals surface area contributed by atoms with Gasteiger partial charge in [-0.1, -0.05) is 12.1 Å². The molecule has 2 aromatic carbocycles. The zero-order chi connectivity index (χ0) is 17.0. The highest BCUT2D eigenvalue weighted by Crippen LogP contribution is 2.30. The van der Waals surface area contributed by atoms with Crippen LogP contribution in [0.1, 0.15) is 5.56 Å². The summed E-state index contributed by atoms with van der Waals surface area (Å²) in [6, 6.07) is 12.3. The summed E-state index contributed by atoms with van der Waals surface area (Å²) in [5.74, 6) is 0.603. The Bertz CT molecular complexity index is 1250. The molecule has 0 atom stereocenters. The monoisotopic (exact) mass is 346 g/mol. The molecule has 0 saturated heterocycles. The van der Waals surface area contributed by atoms with Crippen molar-refractivity contribution in [1.82, 2.24) is 19.5 Å². The zero-order valence-electron chi connectivity index (χ0n) is 13.2. The number of nitrogen functional groups attached to an aromatic ring is 2. The van der Waals surface area contributed by atoms with E-state index in [1.54, 1.807) is 11.3 Å². The van der Waals surface area contributed by atoms with Gasteiger partial charge in [0.05, 0.1) is 26.6 Å². The molecule has 0 aliphatic carbocycles. The molecule has 0 unspecified atom stereocenters. The first-order chi connectivity index (χ1) is 12.2. The lowest BCUT2D eigenvalue weighted by atomic mass is 10.1. The van der Waals surface area contributed by atoms with E-state index in [1.807, 2.05) is 17.6 Å². The van der Waals surface area contributed by atoms with Crippen molar-refractivity contribution in [3.05, 3.63) is 53.7 Å². The van der Waals surface area contributed by atoms with Crippen molar-refractivity contribution in [2.75, 3.05) is 11.5 Å². The summed E-state index contributed by atoms with van der Waals surface area (Å²) in [6.45, 7) is 0.742. The number of rotatable bonds is 2. The van der Waals surface area contributed by atoms with Gasteiger partial charge in [-0.05, 0) is 29.8 Å². The number of para-hydroxylation sites is 1. The van der Waals surface area contributed by atoms with Crippen LogP contribution in [-0.2, 0) is 6.54 Å². The van der Waals surface area contributed by atoms with Crippen LogP contribution in [-0.4, -0.2) is 19.5 Å². The fraction of sp³-hybridized carbons (Fsp3) is 0.0556. The zero-order valence-corrected chi connectivity index (χ0v) is 14.0. The third-order valence-corrected chi connectivity index (χ3v) is 5.24. The maximum atomic E-state index is 6.10.